The number of hydrogen-bond acceptors (Lipinski definition) is 4. The molecule has 1 fully saturated rings. The predicted molar refractivity (Wildman–Crippen MR) is 157 cm³/mol. The van der Waals surface area contributed by atoms with E-state index in [4.69, 9.17) is 9.47 Å². The Hall–Kier alpha value is -3.68. The third kappa shape index (κ3) is 5.70. The van der Waals surface area contributed by atoms with Gasteiger partial charge in [-0.2, -0.15) is 0 Å². The van der Waals surface area contributed by atoms with Gasteiger partial charge in [-0.3, -0.25) is 4.90 Å². The van der Waals surface area contributed by atoms with Gasteiger partial charge in [0.2, 0.25) is 0 Å². The van der Waals surface area contributed by atoms with E-state index in [0.29, 0.717) is 38.3 Å². The molecule has 2 aliphatic rings. The van der Waals surface area contributed by atoms with Crippen LogP contribution in [0.1, 0.15) is 63.2 Å². The van der Waals surface area contributed by atoms with E-state index in [1.807, 2.05) is 65.8 Å². The molecular formula is C31H44N4O4. The second-order valence-corrected chi connectivity index (χ2v) is 10.5. The standard InChI is InChI=1S/C31H42N4O4.H2/c1-8-13-33(30(36)32-25-15-20(3)10-11-21(25)4)14-12-26-27-16-22(5)29-23(17-24(38-6)18-28(29)39-7)19-35(27)31(37)34(26)9-2;/h10-11,15-18,22,26H,8-9,12-14,19H2,1-7H3,(H,32,36);1H/t22-,26?;/m0./s1. The molecule has 0 aliphatic carbocycles. The fraction of sp³-hybridized carbons (Fsp3) is 0.484. The van der Waals surface area contributed by atoms with Gasteiger partial charge in [0.25, 0.3) is 0 Å². The van der Waals surface area contributed by atoms with E-state index in [2.05, 4.69) is 25.2 Å². The minimum Gasteiger partial charge on any atom is -0.497 e. The first-order valence-corrected chi connectivity index (χ1v) is 13.9. The van der Waals surface area contributed by atoms with Crippen molar-refractivity contribution in [2.45, 2.75) is 66.0 Å². The number of carbonyl (C=O) groups excluding carboxylic acids is 2. The van der Waals surface area contributed by atoms with Crippen molar-refractivity contribution in [3.63, 3.8) is 0 Å². The average molecular weight is 537 g/mol. The molecule has 2 atom stereocenters. The van der Waals surface area contributed by atoms with E-state index < -0.39 is 0 Å². The van der Waals surface area contributed by atoms with Crippen LogP contribution in [0.25, 0.3) is 0 Å². The van der Waals surface area contributed by atoms with Crippen molar-refractivity contribution in [1.29, 1.82) is 0 Å². The molecule has 0 spiro atoms. The third-order valence-corrected chi connectivity index (χ3v) is 7.80. The second-order valence-electron chi connectivity index (χ2n) is 10.5. The first kappa shape index (κ1) is 28.3. The van der Waals surface area contributed by atoms with Gasteiger partial charge in [0, 0.05) is 50.0 Å². The van der Waals surface area contributed by atoms with Crippen LogP contribution in [0.5, 0.6) is 11.5 Å². The smallest absolute Gasteiger partial charge is 0.325 e. The molecule has 2 aromatic carbocycles. The second kappa shape index (κ2) is 12.0. The van der Waals surface area contributed by atoms with Gasteiger partial charge in [-0.05, 0) is 62.4 Å². The summed E-state index contributed by atoms with van der Waals surface area (Å²) in [7, 11) is 3.30. The number of methoxy groups -OCH3 is 2. The zero-order valence-electron chi connectivity index (χ0n) is 24.3. The van der Waals surface area contributed by atoms with Gasteiger partial charge in [0.1, 0.15) is 11.5 Å². The fourth-order valence-corrected chi connectivity index (χ4v) is 5.79. The van der Waals surface area contributed by atoms with Crippen molar-refractivity contribution in [3.05, 3.63) is 64.4 Å². The number of likely N-dealkylation sites (N-methyl/N-ethyl adjacent to an activating group) is 1. The molecular weight excluding hydrogens is 492 g/mol. The van der Waals surface area contributed by atoms with Gasteiger partial charge in [0.05, 0.1) is 26.8 Å². The van der Waals surface area contributed by atoms with Crippen molar-refractivity contribution in [3.8, 4) is 11.5 Å². The molecule has 0 bridgehead atoms. The highest BCUT2D eigenvalue weighted by molar-refractivity contribution is 5.90. The number of anilines is 1. The molecule has 0 saturated carbocycles. The van der Waals surface area contributed by atoms with Crippen molar-refractivity contribution < 1.29 is 20.5 Å². The summed E-state index contributed by atoms with van der Waals surface area (Å²) in [5, 5.41) is 3.11. The average Bonchev–Trinajstić information content (AvgIpc) is 3.06. The lowest BCUT2D eigenvalue weighted by atomic mass is 9.93. The molecule has 8 nitrogen and oxygen atoms in total. The molecule has 0 aromatic heterocycles. The zero-order chi connectivity index (χ0) is 28.3. The minimum absolute atomic E-state index is 0. The number of carbonyl (C=O) groups is 2. The van der Waals surface area contributed by atoms with Crippen LogP contribution < -0.4 is 14.8 Å². The van der Waals surface area contributed by atoms with Crippen LogP contribution in [0, 0.1) is 13.8 Å². The Labute approximate surface area is 234 Å². The maximum absolute atomic E-state index is 13.6. The predicted octanol–water partition coefficient (Wildman–Crippen LogP) is 6.53. The van der Waals surface area contributed by atoms with E-state index in [9.17, 15) is 9.59 Å². The molecule has 0 radical (unpaired) electrons. The summed E-state index contributed by atoms with van der Waals surface area (Å²) in [5.74, 6) is 1.53. The van der Waals surface area contributed by atoms with Gasteiger partial charge in [-0.25, -0.2) is 9.59 Å². The first-order chi connectivity index (χ1) is 18.7. The number of urea groups is 2. The summed E-state index contributed by atoms with van der Waals surface area (Å²) >= 11 is 0. The topological polar surface area (TPSA) is 74.4 Å². The van der Waals surface area contributed by atoms with Crippen LogP contribution in [0.3, 0.4) is 0 Å². The maximum Gasteiger partial charge on any atom is 0.325 e. The zero-order valence-corrected chi connectivity index (χ0v) is 24.3. The summed E-state index contributed by atoms with van der Waals surface area (Å²) < 4.78 is 11.2. The summed E-state index contributed by atoms with van der Waals surface area (Å²) in [6.07, 6.45) is 3.70. The van der Waals surface area contributed by atoms with Gasteiger partial charge in [-0.15, -0.1) is 0 Å². The van der Waals surface area contributed by atoms with Crippen molar-refractivity contribution in [2.24, 2.45) is 0 Å². The molecule has 212 valence electrons. The highest BCUT2D eigenvalue weighted by Gasteiger charge is 2.43. The molecule has 4 amide bonds. The number of hydrogen-bond donors (Lipinski definition) is 1. The Morgan fingerprint density at radius 3 is 2.56 bits per heavy atom. The fourth-order valence-electron chi connectivity index (χ4n) is 5.79. The summed E-state index contributed by atoms with van der Waals surface area (Å²) in [4.78, 5) is 32.6. The van der Waals surface area contributed by atoms with E-state index in [1.165, 1.54) is 0 Å². The van der Waals surface area contributed by atoms with Crippen molar-refractivity contribution in [2.75, 3.05) is 39.2 Å². The molecule has 39 heavy (non-hydrogen) atoms. The number of nitrogens with one attached hydrogen (secondary N) is 1. The number of allylic oxidation sites excluding steroid dienone is 1. The summed E-state index contributed by atoms with van der Waals surface area (Å²) in [6.45, 7) is 12.5. The molecule has 8 heteroatoms. The van der Waals surface area contributed by atoms with Crippen molar-refractivity contribution in [1.82, 2.24) is 14.7 Å². The number of rotatable bonds is 9. The SMILES string of the molecule is CCCN(CCC1C2=C[C@H](C)c3c(cc(OC)cc3OC)CN2C(=O)N1CC)C(=O)Nc1cc(C)ccc1C.[HH]. The van der Waals surface area contributed by atoms with Crippen LogP contribution in [0.4, 0.5) is 15.3 Å². The molecule has 4 rings (SSSR count). The van der Waals surface area contributed by atoms with E-state index in [-0.39, 0.29) is 25.4 Å². The lowest BCUT2D eigenvalue weighted by molar-refractivity contribution is 0.182. The molecule has 2 heterocycles. The van der Waals surface area contributed by atoms with E-state index >= 15 is 0 Å². The van der Waals surface area contributed by atoms with Crippen LogP contribution in [-0.2, 0) is 6.54 Å². The largest absolute Gasteiger partial charge is 0.497 e. The number of aryl methyl sites for hydroxylation is 2. The molecule has 1 unspecified atom stereocenters. The Balaban J connectivity index is 0.00000441. The van der Waals surface area contributed by atoms with Crippen LogP contribution in [0.2, 0.25) is 0 Å². The monoisotopic (exact) mass is 536 g/mol. The quantitative estimate of drug-likeness (QED) is 0.396. The molecule has 1 N–H and O–H groups in total. The number of benzene rings is 2. The lowest BCUT2D eigenvalue weighted by Gasteiger charge is -2.28. The molecule has 1 saturated heterocycles. The number of nitrogens with zero attached hydrogens (tertiary/aromatic N) is 3. The lowest BCUT2D eigenvalue weighted by Crippen LogP contribution is -2.40. The summed E-state index contributed by atoms with van der Waals surface area (Å²) in [6, 6.07) is 9.75. The Bertz CT molecular complexity index is 1260. The van der Waals surface area contributed by atoms with Crippen LogP contribution in [0.15, 0.2) is 42.1 Å². The Kier molecular flexibility index (Phi) is 8.73. The van der Waals surface area contributed by atoms with Gasteiger partial charge in [0.15, 0.2) is 0 Å². The van der Waals surface area contributed by atoms with Crippen LogP contribution in [-0.4, -0.2) is 66.7 Å². The highest BCUT2D eigenvalue weighted by atomic mass is 16.5. The minimum atomic E-state index is -0.111. The van der Waals surface area contributed by atoms with E-state index in [0.717, 1.165) is 45.8 Å². The Morgan fingerprint density at radius 1 is 1.13 bits per heavy atom. The number of ether oxygens (including phenoxy) is 2. The molecule has 2 aromatic rings. The third-order valence-electron chi connectivity index (χ3n) is 7.80. The normalized spacial score (nSPS) is 18.2. The number of fused-ring (bicyclic) bond motifs is 2. The Morgan fingerprint density at radius 2 is 1.90 bits per heavy atom. The van der Waals surface area contributed by atoms with Crippen molar-refractivity contribution >= 4 is 17.7 Å². The van der Waals surface area contributed by atoms with Gasteiger partial charge < -0.3 is 24.6 Å². The number of amides is 4. The maximum atomic E-state index is 13.6. The highest BCUT2D eigenvalue weighted by Crippen LogP contribution is 2.42. The van der Waals surface area contributed by atoms with Gasteiger partial charge >= 0.3 is 12.1 Å². The first-order valence-electron chi connectivity index (χ1n) is 13.9. The van der Waals surface area contributed by atoms with Gasteiger partial charge in [-0.1, -0.05) is 32.1 Å². The molecule has 2 aliphatic heterocycles. The van der Waals surface area contributed by atoms with E-state index in [1.54, 1.807) is 14.2 Å². The summed E-state index contributed by atoms with van der Waals surface area (Å²) in [5.41, 5.74) is 6.07. The van der Waals surface area contributed by atoms with Crippen LogP contribution >= 0.6 is 0 Å².